The lowest BCUT2D eigenvalue weighted by atomic mass is 9.86. The molecule has 0 heterocycles. The van der Waals surface area contributed by atoms with Crippen LogP contribution in [-0.2, 0) is 0 Å². The molecule has 0 amide bonds. The van der Waals surface area contributed by atoms with Crippen molar-refractivity contribution in [1.82, 2.24) is 0 Å². The second-order valence-electron chi connectivity index (χ2n) is 6.04. The van der Waals surface area contributed by atoms with Crippen LogP contribution < -0.4 is 0 Å². The largest absolute Gasteiger partial charge is 0.0879 e. The summed E-state index contributed by atoms with van der Waals surface area (Å²) < 4.78 is 0. The van der Waals surface area contributed by atoms with Gasteiger partial charge in [-0.3, -0.25) is 0 Å². The topological polar surface area (TPSA) is 0 Å². The van der Waals surface area contributed by atoms with Crippen LogP contribution in [0.5, 0.6) is 0 Å². The summed E-state index contributed by atoms with van der Waals surface area (Å²) in [6.07, 6.45) is 31.5. The first-order valence-corrected chi connectivity index (χ1v) is 7.93. The van der Waals surface area contributed by atoms with E-state index in [0.717, 1.165) is 36.5 Å². The molecule has 5 rings (SSSR count). The van der Waals surface area contributed by atoms with Gasteiger partial charge in [-0.2, -0.15) is 0 Å². The minimum Gasteiger partial charge on any atom is -0.0879 e. The Kier molecular flexibility index (Phi) is 4.53. The smallest absolute Gasteiger partial charge is 0.0133 e. The molecule has 0 spiro atoms. The van der Waals surface area contributed by atoms with Crippen molar-refractivity contribution in [1.29, 1.82) is 0 Å². The molecule has 104 valence electrons. The van der Waals surface area contributed by atoms with Crippen LogP contribution in [0.25, 0.3) is 0 Å². The van der Waals surface area contributed by atoms with E-state index in [-0.39, 0.29) is 0 Å². The normalized spacial score (nSPS) is 36.0. The molecule has 0 aromatic rings. The van der Waals surface area contributed by atoms with Crippen molar-refractivity contribution < 1.29 is 0 Å². The highest BCUT2D eigenvalue weighted by Gasteiger charge is 2.44. The highest BCUT2D eigenvalue weighted by Crippen LogP contribution is 2.52. The van der Waals surface area contributed by atoms with Gasteiger partial charge in [-0.1, -0.05) is 72.9 Å². The molecule has 0 aromatic heterocycles. The molecule has 0 nitrogen and oxygen atoms in total. The summed E-state index contributed by atoms with van der Waals surface area (Å²) in [6.45, 7) is 0. The summed E-state index contributed by atoms with van der Waals surface area (Å²) in [5.74, 6) is 3.82. The third-order valence-electron chi connectivity index (χ3n) is 4.77. The first-order chi connectivity index (χ1) is 9.95. The zero-order valence-corrected chi connectivity index (χ0v) is 12.1. The standard InChI is InChI=1S/C10H12.2C5H6/c1-2-9-7-4-5-8(6-7)10(9)3-1;2*1-2-4-5-3-1/h1-2,4-5,7-10H,3,6H2;2*1-4H,5H2. The Morgan fingerprint density at radius 1 is 0.600 bits per heavy atom. The van der Waals surface area contributed by atoms with Crippen LogP contribution in [0.15, 0.2) is 72.9 Å². The molecule has 20 heavy (non-hydrogen) atoms. The zero-order chi connectivity index (χ0) is 13.6. The van der Waals surface area contributed by atoms with E-state index in [1.807, 2.05) is 0 Å². The van der Waals surface area contributed by atoms with Crippen LogP contribution >= 0.6 is 0 Å². The predicted octanol–water partition coefficient (Wildman–Crippen LogP) is 5.39. The first kappa shape index (κ1) is 13.4. The van der Waals surface area contributed by atoms with Gasteiger partial charge in [0.25, 0.3) is 0 Å². The molecule has 4 unspecified atom stereocenters. The Morgan fingerprint density at radius 3 is 1.70 bits per heavy atom. The van der Waals surface area contributed by atoms with E-state index < -0.39 is 0 Å². The van der Waals surface area contributed by atoms with E-state index in [4.69, 9.17) is 0 Å². The van der Waals surface area contributed by atoms with Gasteiger partial charge in [0, 0.05) is 0 Å². The van der Waals surface area contributed by atoms with Crippen molar-refractivity contribution in [2.75, 3.05) is 0 Å². The van der Waals surface area contributed by atoms with Gasteiger partial charge in [-0.05, 0) is 49.4 Å². The lowest BCUT2D eigenvalue weighted by Gasteiger charge is -2.18. The van der Waals surface area contributed by atoms with Crippen molar-refractivity contribution in [3.8, 4) is 0 Å². The van der Waals surface area contributed by atoms with Gasteiger partial charge in [-0.25, -0.2) is 0 Å². The van der Waals surface area contributed by atoms with Gasteiger partial charge in [0.2, 0.25) is 0 Å². The van der Waals surface area contributed by atoms with Crippen LogP contribution in [0, 0.1) is 23.7 Å². The maximum Gasteiger partial charge on any atom is -0.0133 e. The molecular weight excluding hydrogens is 240 g/mol. The Bertz CT molecular complexity index is 442. The van der Waals surface area contributed by atoms with E-state index in [0.29, 0.717) is 0 Å². The zero-order valence-electron chi connectivity index (χ0n) is 12.1. The van der Waals surface area contributed by atoms with Crippen LogP contribution in [0.3, 0.4) is 0 Å². The molecule has 1 fully saturated rings. The van der Waals surface area contributed by atoms with E-state index in [9.17, 15) is 0 Å². The third-order valence-corrected chi connectivity index (χ3v) is 4.77. The molecule has 0 radical (unpaired) electrons. The van der Waals surface area contributed by atoms with Gasteiger partial charge in [0.05, 0.1) is 0 Å². The summed E-state index contributed by atoms with van der Waals surface area (Å²) in [6, 6.07) is 0. The van der Waals surface area contributed by atoms with E-state index >= 15 is 0 Å². The Morgan fingerprint density at radius 2 is 1.20 bits per heavy atom. The van der Waals surface area contributed by atoms with Gasteiger partial charge in [0.1, 0.15) is 0 Å². The Labute approximate surface area is 123 Å². The predicted molar refractivity (Wildman–Crippen MR) is 87.3 cm³/mol. The molecule has 1 saturated carbocycles. The van der Waals surface area contributed by atoms with Crippen molar-refractivity contribution in [2.24, 2.45) is 23.7 Å². The fourth-order valence-corrected chi connectivity index (χ4v) is 3.76. The van der Waals surface area contributed by atoms with Crippen molar-refractivity contribution >= 4 is 0 Å². The molecule has 5 aliphatic carbocycles. The van der Waals surface area contributed by atoms with Crippen molar-refractivity contribution in [3.63, 3.8) is 0 Å². The molecule has 0 aliphatic heterocycles. The summed E-state index contributed by atoms with van der Waals surface area (Å²) >= 11 is 0. The van der Waals surface area contributed by atoms with Crippen LogP contribution in [0.4, 0.5) is 0 Å². The number of rotatable bonds is 0. The summed E-state index contributed by atoms with van der Waals surface area (Å²) in [7, 11) is 0. The average molecular weight is 264 g/mol. The SMILES string of the molecule is C1=CC2C3C=CC(C3)C2C1.C1=CCC=C1.C1=CCC=C1. The molecule has 0 saturated heterocycles. The second-order valence-corrected chi connectivity index (χ2v) is 6.04. The molecule has 0 heteroatoms. The third kappa shape index (κ3) is 3.12. The maximum atomic E-state index is 2.44. The number of fused-ring (bicyclic) bond motifs is 5. The molecule has 2 bridgehead atoms. The van der Waals surface area contributed by atoms with E-state index in [1.165, 1.54) is 12.8 Å². The van der Waals surface area contributed by atoms with E-state index in [2.05, 4.69) is 72.9 Å². The van der Waals surface area contributed by atoms with Gasteiger partial charge < -0.3 is 0 Å². The molecule has 0 N–H and O–H groups in total. The minimum absolute atomic E-state index is 0.925. The lowest BCUT2D eigenvalue weighted by molar-refractivity contribution is 0.398. The maximum absolute atomic E-state index is 2.44. The fourth-order valence-electron chi connectivity index (χ4n) is 3.76. The Hall–Kier alpha value is -1.56. The quantitative estimate of drug-likeness (QED) is 0.515. The lowest BCUT2D eigenvalue weighted by Crippen LogP contribution is -2.12. The molecule has 5 aliphatic rings. The average Bonchev–Trinajstić information content (AvgIpc) is 3.34. The van der Waals surface area contributed by atoms with Crippen LogP contribution in [0.1, 0.15) is 25.7 Å². The highest BCUT2D eigenvalue weighted by molar-refractivity contribution is 5.21. The molecule has 4 atom stereocenters. The molecular formula is C20H24. The Balaban J connectivity index is 0.000000103. The summed E-state index contributed by atoms with van der Waals surface area (Å²) in [5, 5.41) is 0. The van der Waals surface area contributed by atoms with Crippen LogP contribution in [0.2, 0.25) is 0 Å². The van der Waals surface area contributed by atoms with Gasteiger partial charge in [0.15, 0.2) is 0 Å². The number of allylic oxidation sites excluding steroid dienone is 12. The fraction of sp³-hybridized carbons (Fsp3) is 0.400. The molecule has 0 aromatic carbocycles. The monoisotopic (exact) mass is 264 g/mol. The minimum atomic E-state index is 0.925. The number of hydrogen-bond donors (Lipinski definition) is 0. The van der Waals surface area contributed by atoms with Crippen molar-refractivity contribution in [2.45, 2.75) is 25.7 Å². The highest BCUT2D eigenvalue weighted by atomic mass is 14.5. The van der Waals surface area contributed by atoms with Gasteiger partial charge in [-0.15, -0.1) is 0 Å². The van der Waals surface area contributed by atoms with Gasteiger partial charge >= 0.3 is 0 Å². The van der Waals surface area contributed by atoms with Crippen LogP contribution in [-0.4, -0.2) is 0 Å². The summed E-state index contributed by atoms with van der Waals surface area (Å²) in [5.41, 5.74) is 0. The van der Waals surface area contributed by atoms with Crippen molar-refractivity contribution in [3.05, 3.63) is 72.9 Å². The second kappa shape index (κ2) is 6.74. The summed E-state index contributed by atoms with van der Waals surface area (Å²) in [4.78, 5) is 0. The number of hydrogen-bond acceptors (Lipinski definition) is 0. The first-order valence-electron chi connectivity index (χ1n) is 7.93. The van der Waals surface area contributed by atoms with E-state index in [1.54, 1.807) is 0 Å².